The fourth-order valence-corrected chi connectivity index (χ4v) is 3.82. The number of aromatic nitrogens is 2. The maximum absolute atomic E-state index is 12.8. The van der Waals surface area contributed by atoms with Crippen LogP contribution in [0.1, 0.15) is 11.1 Å². The number of anilines is 1. The number of amides is 1. The van der Waals surface area contributed by atoms with Gasteiger partial charge in [0.1, 0.15) is 16.4 Å². The summed E-state index contributed by atoms with van der Waals surface area (Å²) in [6, 6.07) is 14.2. The van der Waals surface area contributed by atoms with Gasteiger partial charge < -0.3 is 15.2 Å². The number of rotatable bonds is 6. The van der Waals surface area contributed by atoms with Crippen molar-refractivity contribution in [2.24, 2.45) is 19.1 Å². The average Bonchev–Trinajstić information content (AvgIpc) is 2.81. The van der Waals surface area contributed by atoms with Gasteiger partial charge in [0, 0.05) is 14.1 Å². The molecule has 3 aromatic rings. The first kappa shape index (κ1) is 23.9. The lowest BCUT2D eigenvalue weighted by atomic mass is 10.2. The summed E-state index contributed by atoms with van der Waals surface area (Å²) in [6.07, 6.45) is 0. The Morgan fingerprint density at radius 1 is 1.09 bits per heavy atom. The second kappa shape index (κ2) is 10.2. The monoisotopic (exact) mass is 468 g/mol. The molecular formula is C23H24N4O5S. The summed E-state index contributed by atoms with van der Waals surface area (Å²) in [5.74, 6) is -0.475. The second-order valence-corrected chi connectivity index (χ2v) is 8.16. The Morgan fingerprint density at radius 2 is 1.76 bits per heavy atom. The van der Waals surface area contributed by atoms with E-state index in [-0.39, 0.29) is 22.3 Å². The number of aryl methyl sites for hydroxylation is 1. The van der Waals surface area contributed by atoms with Gasteiger partial charge in [-0.05, 0) is 31.2 Å². The van der Waals surface area contributed by atoms with E-state index in [4.69, 9.17) is 4.74 Å². The third-order valence-corrected chi connectivity index (χ3v) is 5.81. The van der Waals surface area contributed by atoms with Crippen LogP contribution in [0.4, 0.5) is 11.4 Å². The van der Waals surface area contributed by atoms with Crippen LogP contribution in [0.5, 0.6) is 11.6 Å². The van der Waals surface area contributed by atoms with Crippen molar-refractivity contribution in [2.45, 2.75) is 6.92 Å². The van der Waals surface area contributed by atoms with Crippen LogP contribution in [0.2, 0.25) is 0 Å². The number of nitrogens with zero attached hydrogens (tertiary/aromatic N) is 3. The number of carbonyl (C=O) groups is 1. The van der Waals surface area contributed by atoms with Crippen molar-refractivity contribution in [1.82, 2.24) is 9.13 Å². The third kappa shape index (κ3) is 5.35. The predicted octanol–water partition coefficient (Wildman–Crippen LogP) is 2.56. The molecule has 1 amide bonds. The lowest BCUT2D eigenvalue weighted by molar-refractivity contribution is -0.113. The molecule has 0 atom stereocenters. The fraction of sp³-hybridized carbons (Fsp3) is 0.217. The van der Waals surface area contributed by atoms with Crippen molar-refractivity contribution in [2.75, 3.05) is 18.2 Å². The summed E-state index contributed by atoms with van der Waals surface area (Å²) in [4.78, 5) is 42.1. The molecule has 0 bridgehead atoms. The number of aliphatic imine (C=N–C) groups is 1. The number of para-hydroxylation sites is 2. The van der Waals surface area contributed by atoms with Crippen LogP contribution in [-0.2, 0) is 18.9 Å². The highest BCUT2D eigenvalue weighted by molar-refractivity contribution is 8.15. The van der Waals surface area contributed by atoms with E-state index in [1.807, 2.05) is 19.1 Å². The maximum atomic E-state index is 12.8. The van der Waals surface area contributed by atoms with E-state index in [0.29, 0.717) is 17.1 Å². The minimum Gasteiger partial charge on any atom is -0.495 e. The number of thioether (sulfide) groups is 1. The largest absolute Gasteiger partial charge is 0.495 e. The van der Waals surface area contributed by atoms with E-state index >= 15 is 0 Å². The van der Waals surface area contributed by atoms with Gasteiger partial charge in [0.25, 0.3) is 5.56 Å². The van der Waals surface area contributed by atoms with Crippen LogP contribution in [0.25, 0.3) is 0 Å². The van der Waals surface area contributed by atoms with Crippen LogP contribution in [0.15, 0.2) is 63.1 Å². The number of aromatic hydroxyl groups is 1. The first-order valence-corrected chi connectivity index (χ1v) is 10.9. The Hall–Kier alpha value is -3.79. The van der Waals surface area contributed by atoms with Crippen molar-refractivity contribution >= 4 is 34.1 Å². The number of hydrogen-bond acceptors (Lipinski definition) is 7. The van der Waals surface area contributed by atoms with Crippen molar-refractivity contribution in [3.05, 3.63) is 80.5 Å². The lowest BCUT2D eigenvalue weighted by Gasteiger charge is -2.13. The molecule has 0 aliphatic heterocycles. The summed E-state index contributed by atoms with van der Waals surface area (Å²) in [5, 5.41) is 13.5. The second-order valence-electron chi connectivity index (χ2n) is 7.19. The quantitative estimate of drug-likeness (QED) is 0.424. The Balaban J connectivity index is 1.98. The van der Waals surface area contributed by atoms with Gasteiger partial charge in [-0.1, -0.05) is 41.6 Å². The van der Waals surface area contributed by atoms with E-state index < -0.39 is 17.1 Å². The molecule has 0 unspecified atom stereocenters. The number of hydrogen-bond donors (Lipinski definition) is 2. The molecule has 1 aromatic heterocycles. The molecular weight excluding hydrogens is 444 g/mol. The van der Waals surface area contributed by atoms with Crippen molar-refractivity contribution < 1.29 is 14.6 Å². The standard InChI is InChI=1S/C23H24N4O5S/c1-14-9-11-15(12-10-14)24-20(19-21(29)26(2)23(31)27(3)22(19)30)33-13-18(28)25-16-7-5-6-8-17(16)32-4/h5-12,29H,13H2,1-4H3,(H,25,28). The molecule has 172 valence electrons. The zero-order valence-corrected chi connectivity index (χ0v) is 19.5. The molecule has 9 nitrogen and oxygen atoms in total. The minimum atomic E-state index is -0.709. The molecule has 10 heteroatoms. The van der Waals surface area contributed by atoms with Gasteiger partial charge >= 0.3 is 5.69 Å². The summed E-state index contributed by atoms with van der Waals surface area (Å²) in [6.45, 7) is 1.93. The Bertz CT molecular complexity index is 1330. The topological polar surface area (TPSA) is 115 Å². The summed E-state index contributed by atoms with van der Waals surface area (Å²) < 4.78 is 7.08. The Morgan fingerprint density at radius 3 is 2.42 bits per heavy atom. The molecule has 2 N–H and O–H groups in total. The van der Waals surface area contributed by atoms with Gasteiger partial charge in [-0.2, -0.15) is 0 Å². The lowest BCUT2D eigenvalue weighted by Crippen LogP contribution is -2.39. The number of ether oxygens (including phenoxy) is 1. The minimum absolute atomic E-state index is 0.103. The highest BCUT2D eigenvalue weighted by atomic mass is 32.2. The molecule has 0 spiro atoms. The average molecular weight is 469 g/mol. The van der Waals surface area contributed by atoms with Gasteiger partial charge in [0.2, 0.25) is 11.8 Å². The molecule has 1 heterocycles. The van der Waals surface area contributed by atoms with Gasteiger partial charge in [0.15, 0.2) is 0 Å². The van der Waals surface area contributed by atoms with Gasteiger partial charge in [-0.15, -0.1) is 0 Å². The van der Waals surface area contributed by atoms with Crippen LogP contribution in [0, 0.1) is 6.92 Å². The van der Waals surface area contributed by atoms with E-state index in [9.17, 15) is 19.5 Å². The van der Waals surface area contributed by atoms with E-state index in [2.05, 4.69) is 10.3 Å². The van der Waals surface area contributed by atoms with Crippen molar-refractivity contribution in [3.8, 4) is 11.6 Å². The third-order valence-electron chi connectivity index (χ3n) is 4.83. The highest BCUT2D eigenvalue weighted by Crippen LogP contribution is 2.25. The molecule has 0 saturated heterocycles. The zero-order valence-electron chi connectivity index (χ0n) is 18.7. The van der Waals surface area contributed by atoms with Crippen LogP contribution >= 0.6 is 11.8 Å². The molecule has 0 fully saturated rings. The summed E-state index contributed by atoms with van der Waals surface area (Å²) in [7, 11) is 4.17. The summed E-state index contributed by atoms with van der Waals surface area (Å²) >= 11 is 0.975. The Kier molecular flexibility index (Phi) is 7.39. The van der Waals surface area contributed by atoms with E-state index in [1.54, 1.807) is 36.4 Å². The molecule has 33 heavy (non-hydrogen) atoms. The molecule has 2 aromatic carbocycles. The Labute approximate surface area is 194 Å². The molecule has 0 saturated carbocycles. The number of nitrogens with one attached hydrogen (secondary N) is 1. The normalized spacial score (nSPS) is 11.3. The van der Waals surface area contributed by atoms with Gasteiger partial charge in [-0.3, -0.25) is 18.7 Å². The van der Waals surface area contributed by atoms with E-state index in [0.717, 1.165) is 26.5 Å². The molecule has 0 aliphatic rings. The van der Waals surface area contributed by atoms with Crippen molar-refractivity contribution in [1.29, 1.82) is 0 Å². The first-order chi connectivity index (χ1) is 15.7. The van der Waals surface area contributed by atoms with Crippen molar-refractivity contribution in [3.63, 3.8) is 0 Å². The van der Waals surface area contributed by atoms with Crippen LogP contribution in [-0.4, -0.2) is 38.1 Å². The predicted molar refractivity (Wildman–Crippen MR) is 130 cm³/mol. The number of benzene rings is 2. The number of methoxy groups -OCH3 is 1. The van der Waals surface area contributed by atoms with Crippen LogP contribution < -0.4 is 21.3 Å². The van der Waals surface area contributed by atoms with Gasteiger partial charge in [-0.25, -0.2) is 9.79 Å². The number of carbonyl (C=O) groups excluding carboxylic acids is 1. The fourth-order valence-electron chi connectivity index (χ4n) is 2.99. The maximum Gasteiger partial charge on any atom is 0.333 e. The highest BCUT2D eigenvalue weighted by Gasteiger charge is 2.22. The molecule has 0 radical (unpaired) electrons. The first-order valence-electron chi connectivity index (χ1n) is 9.93. The zero-order chi connectivity index (χ0) is 24.1. The van der Waals surface area contributed by atoms with E-state index in [1.165, 1.54) is 21.2 Å². The molecule has 3 rings (SSSR count). The van der Waals surface area contributed by atoms with Crippen LogP contribution in [0.3, 0.4) is 0 Å². The summed E-state index contributed by atoms with van der Waals surface area (Å²) in [5.41, 5.74) is 0.525. The molecule has 0 aliphatic carbocycles. The SMILES string of the molecule is COc1ccccc1NC(=O)CSC(=Nc1ccc(C)cc1)c1c(O)n(C)c(=O)n(C)c1=O. The smallest absolute Gasteiger partial charge is 0.333 e. The van der Waals surface area contributed by atoms with Gasteiger partial charge in [0.05, 0.1) is 24.2 Å².